The molecule has 182 valence electrons. The van der Waals surface area contributed by atoms with Gasteiger partial charge in [-0.05, 0) is 91.0 Å². The van der Waals surface area contributed by atoms with E-state index in [-0.39, 0.29) is 23.2 Å². The van der Waals surface area contributed by atoms with Crippen LogP contribution in [0.25, 0.3) is 0 Å². The normalized spacial score (nSPS) is 26.8. The summed E-state index contributed by atoms with van der Waals surface area (Å²) in [4.78, 5) is 27.0. The first kappa shape index (κ1) is 23.4. The molecule has 1 heterocycles. The summed E-state index contributed by atoms with van der Waals surface area (Å²) >= 11 is 1.59. The van der Waals surface area contributed by atoms with E-state index in [1.165, 1.54) is 22.4 Å². The van der Waals surface area contributed by atoms with Gasteiger partial charge in [0, 0.05) is 10.8 Å². The molecule has 3 aliphatic rings. The molecule has 6 heteroatoms. The van der Waals surface area contributed by atoms with Crippen molar-refractivity contribution < 1.29 is 19.1 Å². The third kappa shape index (κ3) is 3.57. The van der Waals surface area contributed by atoms with Gasteiger partial charge in [0.25, 0.3) is 0 Å². The lowest BCUT2D eigenvalue weighted by Crippen LogP contribution is -2.43. The van der Waals surface area contributed by atoms with Crippen molar-refractivity contribution >= 4 is 28.2 Å². The maximum Gasteiger partial charge on any atom is 0.341 e. The fourth-order valence-corrected chi connectivity index (χ4v) is 8.25. The van der Waals surface area contributed by atoms with Crippen LogP contribution < -0.4 is 10.1 Å². The molecule has 2 aromatic rings. The highest BCUT2D eigenvalue weighted by Crippen LogP contribution is 2.63. The summed E-state index contributed by atoms with van der Waals surface area (Å²) in [6, 6.07) is 6.60. The number of benzene rings is 1. The Labute approximate surface area is 206 Å². The molecule has 3 aliphatic carbocycles. The van der Waals surface area contributed by atoms with Crippen LogP contribution in [-0.2, 0) is 27.8 Å². The van der Waals surface area contributed by atoms with Gasteiger partial charge in [-0.25, -0.2) is 4.79 Å². The first-order valence-electron chi connectivity index (χ1n) is 12.6. The van der Waals surface area contributed by atoms with Gasteiger partial charge in [0.05, 0.1) is 19.3 Å². The van der Waals surface area contributed by atoms with E-state index in [0.717, 1.165) is 37.0 Å². The molecule has 5 rings (SSSR count). The van der Waals surface area contributed by atoms with Crippen molar-refractivity contribution in [1.82, 2.24) is 0 Å². The predicted octanol–water partition coefficient (Wildman–Crippen LogP) is 6.10. The zero-order chi connectivity index (χ0) is 24.2. The molecule has 0 unspecified atom stereocenters. The van der Waals surface area contributed by atoms with Crippen molar-refractivity contribution in [2.45, 2.75) is 71.1 Å². The number of esters is 1. The Morgan fingerprint density at radius 2 is 2.06 bits per heavy atom. The fourth-order valence-electron chi connectivity index (χ4n) is 6.86. The Morgan fingerprint density at radius 3 is 2.76 bits per heavy atom. The molecular formula is C28H35NO4S. The number of thiophene rings is 1. The number of carbonyl (C=O) groups excluding carboxylic acids is 2. The first-order chi connectivity index (χ1) is 16.3. The van der Waals surface area contributed by atoms with Crippen LogP contribution in [0, 0.1) is 17.8 Å². The minimum Gasteiger partial charge on any atom is -0.497 e. The van der Waals surface area contributed by atoms with Gasteiger partial charge in [-0.1, -0.05) is 26.8 Å². The second kappa shape index (κ2) is 8.71. The molecule has 1 N–H and O–H groups in total. The molecule has 1 fully saturated rings. The number of methoxy groups -OCH3 is 1. The SMILES string of the molecule is CCOC(=O)c1c(NC(=O)C(C)C)sc2c1[C@@]1(C)CC[C@@H]3c4ccc(OC)cc4CC[C@@H]3[C@@H]1C2. The molecule has 0 saturated heterocycles. The third-order valence-electron chi connectivity index (χ3n) is 8.52. The van der Waals surface area contributed by atoms with E-state index >= 15 is 0 Å². The Morgan fingerprint density at radius 1 is 1.26 bits per heavy atom. The molecule has 34 heavy (non-hydrogen) atoms. The van der Waals surface area contributed by atoms with Crippen LogP contribution in [0.4, 0.5) is 5.00 Å². The van der Waals surface area contributed by atoms with Gasteiger partial charge in [0.15, 0.2) is 0 Å². The van der Waals surface area contributed by atoms with Crippen LogP contribution in [0.2, 0.25) is 0 Å². The van der Waals surface area contributed by atoms with Gasteiger partial charge in [0.2, 0.25) is 5.91 Å². The Kier molecular flexibility index (Phi) is 5.99. The molecule has 1 aromatic heterocycles. The number of hydrogen-bond acceptors (Lipinski definition) is 5. The van der Waals surface area contributed by atoms with Crippen molar-refractivity contribution in [2.24, 2.45) is 17.8 Å². The fraction of sp³-hybridized carbons (Fsp3) is 0.571. The van der Waals surface area contributed by atoms with E-state index in [0.29, 0.717) is 34.9 Å². The summed E-state index contributed by atoms with van der Waals surface area (Å²) < 4.78 is 11.0. The number of anilines is 1. The van der Waals surface area contributed by atoms with Crippen molar-refractivity contribution in [2.75, 3.05) is 19.0 Å². The predicted molar refractivity (Wildman–Crippen MR) is 135 cm³/mol. The van der Waals surface area contributed by atoms with E-state index in [1.807, 2.05) is 20.8 Å². The third-order valence-corrected chi connectivity index (χ3v) is 9.65. The number of aryl methyl sites for hydroxylation is 1. The minimum absolute atomic E-state index is 0.0600. The maximum absolute atomic E-state index is 13.2. The quantitative estimate of drug-likeness (QED) is 0.524. The highest BCUT2D eigenvalue weighted by Gasteiger charge is 2.55. The number of amides is 1. The minimum atomic E-state index is -0.302. The van der Waals surface area contributed by atoms with Gasteiger partial charge in [-0.3, -0.25) is 4.79 Å². The van der Waals surface area contributed by atoms with Crippen LogP contribution >= 0.6 is 11.3 Å². The summed E-state index contributed by atoms with van der Waals surface area (Å²) in [5.41, 5.74) is 4.62. The topological polar surface area (TPSA) is 64.6 Å². The largest absolute Gasteiger partial charge is 0.497 e. The van der Waals surface area contributed by atoms with E-state index in [9.17, 15) is 9.59 Å². The average molecular weight is 482 g/mol. The Balaban J connectivity index is 1.52. The van der Waals surface area contributed by atoms with Crippen LogP contribution in [0.3, 0.4) is 0 Å². The Bertz CT molecular complexity index is 1140. The number of carbonyl (C=O) groups is 2. The summed E-state index contributed by atoms with van der Waals surface area (Å²) in [6.45, 7) is 8.26. The van der Waals surface area contributed by atoms with Crippen molar-refractivity contribution in [3.8, 4) is 5.75 Å². The lowest BCUT2D eigenvalue weighted by Gasteiger charge is -2.49. The maximum atomic E-state index is 13.2. The van der Waals surface area contributed by atoms with E-state index in [1.54, 1.807) is 18.4 Å². The molecule has 0 spiro atoms. The van der Waals surface area contributed by atoms with Crippen LogP contribution in [0.1, 0.15) is 84.8 Å². The summed E-state index contributed by atoms with van der Waals surface area (Å²) in [5, 5.41) is 3.71. The van der Waals surface area contributed by atoms with E-state index in [4.69, 9.17) is 9.47 Å². The van der Waals surface area contributed by atoms with Gasteiger partial charge in [-0.2, -0.15) is 0 Å². The second-order valence-corrected chi connectivity index (χ2v) is 11.7. The highest BCUT2D eigenvalue weighted by atomic mass is 32.1. The molecule has 0 bridgehead atoms. The summed E-state index contributed by atoms with van der Waals surface area (Å²) in [7, 11) is 1.73. The zero-order valence-corrected chi connectivity index (χ0v) is 21.6. The number of rotatable bonds is 5. The van der Waals surface area contributed by atoms with Crippen molar-refractivity contribution in [3.05, 3.63) is 45.3 Å². The molecule has 0 radical (unpaired) electrons. The number of nitrogens with one attached hydrogen (secondary N) is 1. The summed E-state index contributed by atoms with van der Waals surface area (Å²) in [6.07, 6.45) is 5.38. The van der Waals surface area contributed by atoms with E-state index < -0.39 is 0 Å². The van der Waals surface area contributed by atoms with Crippen LogP contribution in [-0.4, -0.2) is 25.6 Å². The summed E-state index contributed by atoms with van der Waals surface area (Å²) in [5.74, 6) is 2.10. The lowest BCUT2D eigenvalue weighted by atomic mass is 9.54. The molecule has 5 nitrogen and oxygen atoms in total. The molecule has 1 amide bonds. The van der Waals surface area contributed by atoms with Gasteiger partial charge in [0.1, 0.15) is 10.8 Å². The number of hydrogen-bond donors (Lipinski definition) is 1. The van der Waals surface area contributed by atoms with E-state index in [2.05, 4.69) is 30.4 Å². The number of fused-ring (bicyclic) bond motifs is 7. The zero-order valence-electron chi connectivity index (χ0n) is 20.8. The molecule has 1 aromatic carbocycles. The monoisotopic (exact) mass is 481 g/mol. The lowest BCUT2D eigenvalue weighted by molar-refractivity contribution is -0.118. The van der Waals surface area contributed by atoms with Crippen LogP contribution in [0.15, 0.2) is 18.2 Å². The highest BCUT2D eigenvalue weighted by molar-refractivity contribution is 7.17. The average Bonchev–Trinajstić information content (AvgIpc) is 3.32. The second-order valence-electron chi connectivity index (χ2n) is 10.6. The van der Waals surface area contributed by atoms with Crippen molar-refractivity contribution in [1.29, 1.82) is 0 Å². The molecular weight excluding hydrogens is 446 g/mol. The molecule has 1 saturated carbocycles. The van der Waals surface area contributed by atoms with Crippen LogP contribution in [0.5, 0.6) is 5.75 Å². The van der Waals surface area contributed by atoms with Gasteiger partial charge < -0.3 is 14.8 Å². The van der Waals surface area contributed by atoms with Gasteiger partial charge >= 0.3 is 5.97 Å². The first-order valence-corrected chi connectivity index (χ1v) is 13.4. The smallest absolute Gasteiger partial charge is 0.341 e. The number of ether oxygens (including phenoxy) is 2. The standard InChI is InChI=1S/C28H35NO4S/c1-6-33-27(31)23-24-22(34-26(23)29-25(30)15(2)3)14-21-20-9-7-16-13-17(32-5)8-10-18(16)19(20)11-12-28(21,24)4/h8,10,13,15,19-21H,6-7,9,11-12,14H2,1-5H3,(H,29,30)/t19-,20+,21+,28+/m1/s1. The molecule has 0 aliphatic heterocycles. The van der Waals surface area contributed by atoms with Gasteiger partial charge in [-0.15, -0.1) is 11.3 Å². The van der Waals surface area contributed by atoms with Crippen molar-refractivity contribution in [3.63, 3.8) is 0 Å². The molecule has 4 atom stereocenters. The Hall–Kier alpha value is -2.34.